The molecule has 2 N–H and O–H groups in total. The summed E-state index contributed by atoms with van der Waals surface area (Å²) in [6, 6.07) is 5.58. The summed E-state index contributed by atoms with van der Waals surface area (Å²) in [7, 11) is 0. The van der Waals surface area contributed by atoms with Crippen molar-refractivity contribution in [1.82, 2.24) is 15.0 Å². The van der Waals surface area contributed by atoms with Crippen LogP contribution in [-0.2, 0) is 0 Å². The fraction of sp³-hybridized carbons (Fsp3) is 0.100. The van der Waals surface area contributed by atoms with E-state index in [0.29, 0.717) is 11.6 Å². The molecule has 2 rings (SSSR count). The minimum Gasteiger partial charge on any atom is -0.383 e. The number of pyridine rings is 1. The molecule has 0 aromatic carbocycles. The number of anilines is 1. The van der Waals surface area contributed by atoms with E-state index in [1.54, 1.807) is 6.20 Å². The Kier molecular flexibility index (Phi) is 2.64. The molecule has 0 saturated heterocycles. The first-order valence-corrected chi connectivity index (χ1v) is 5.19. The molecule has 15 heavy (non-hydrogen) atoms. The van der Waals surface area contributed by atoms with Crippen LogP contribution in [0.4, 0.5) is 5.82 Å². The van der Waals surface area contributed by atoms with Crippen LogP contribution in [0.15, 0.2) is 28.9 Å². The zero-order valence-electron chi connectivity index (χ0n) is 8.11. The maximum Gasteiger partial charge on any atom is 0.180 e. The van der Waals surface area contributed by atoms with Gasteiger partial charge in [-0.25, -0.2) is 9.97 Å². The summed E-state index contributed by atoms with van der Waals surface area (Å²) in [6.45, 7) is 1.87. The van der Waals surface area contributed by atoms with Crippen molar-refractivity contribution in [3.63, 3.8) is 0 Å². The highest BCUT2D eigenvalue weighted by Gasteiger charge is 2.08. The molecule has 76 valence electrons. The Balaban J connectivity index is 2.56. The number of hydrogen-bond donors (Lipinski definition) is 1. The highest BCUT2D eigenvalue weighted by atomic mass is 79.9. The van der Waals surface area contributed by atoms with Crippen LogP contribution >= 0.6 is 15.9 Å². The van der Waals surface area contributed by atoms with Crippen LogP contribution in [0.3, 0.4) is 0 Å². The van der Waals surface area contributed by atoms with E-state index < -0.39 is 0 Å². The van der Waals surface area contributed by atoms with Gasteiger partial charge in [-0.15, -0.1) is 0 Å². The minimum absolute atomic E-state index is 0.433. The van der Waals surface area contributed by atoms with Gasteiger partial charge in [-0.1, -0.05) is 6.07 Å². The van der Waals surface area contributed by atoms with Crippen molar-refractivity contribution in [3.8, 4) is 11.5 Å². The number of aromatic nitrogens is 3. The topological polar surface area (TPSA) is 64.7 Å². The summed E-state index contributed by atoms with van der Waals surface area (Å²) in [5.74, 6) is 0.983. The summed E-state index contributed by atoms with van der Waals surface area (Å²) < 4.78 is 0.738. The fourth-order valence-electron chi connectivity index (χ4n) is 1.19. The molecule has 0 aliphatic carbocycles. The van der Waals surface area contributed by atoms with Crippen molar-refractivity contribution < 1.29 is 0 Å². The quantitative estimate of drug-likeness (QED) is 0.858. The van der Waals surface area contributed by atoms with E-state index in [9.17, 15) is 0 Å². The van der Waals surface area contributed by atoms with Crippen LogP contribution in [0.1, 0.15) is 5.69 Å². The van der Waals surface area contributed by atoms with Gasteiger partial charge >= 0.3 is 0 Å². The normalized spacial score (nSPS) is 10.3. The first-order chi connectivity index (χ1) is 7.18. The molecule has 0 amide bonds. The number of hydrogen-bond acceptors (Lipinski definition) is 4. The number of rotatable bonds is 1. The lowest BCUT2D eigenvalue weighted by Crippen LogP contribution is -2.00. The van der Waals surface area contributed by atoms with E-state index in [4.69, 9.17) is 5.73 Å². The first kappa shape index (κ1) is 10.0. The van der Waals surface area contributed by atoms with Gasteiger partial charge < -0.3 is 5.73 Å². The average Bonchev–Trinajstić information content (AvgIpc) is 2.26. The third-order valence-electron chi connectivity index (χ3n) is 1.94. The predicted octanol–water partition coefficient (Wildman–Crippen LogP) is 2.19. The highest BCUT2D eigenvalue weighted by molar-refractivity contribution is 9.10. The molecular formula is C10H9BrN4. The SMILES string of the molecule is Cc1nc(-c2ccccn2)nc(N)c1Br. The maximum absolute atomic E-state index is 5.73. The van der Waals surface area contributed by atoms with Gasteiger partial charge in [-0.3, -0.25) is 4.98 Å². The number of nitrogens with two attached hydrogens (primary N) is 1. The number of halogens is 1. The molecule has 0 aliphatic rings. The Hall–Kier alpha value is -1.49. The van der Waals surface area contributed by atoms with Gasteiger partial charge in [0, 0.05) is 6.20 Å². The van der Waals surface area contributed by atoms with E-state index >= 15 is 0 Å². The lowest BCUT2D eigenvalue weighted by molar-refractivity contribution is 1.08. The summed E-state index contributed by atoms with van der Waals surface area (Å²) in [6.07, 6.45) is 1.70. The van der Waals surface area contributed by atoms with Crippen molar-refractivity contribution in [3.05, 3.63) is 34.6 Å². The lowest BCUT2D eigenvalue weighted by atomic mass is 10.3. The molecule has 4 nitrogen and oxygen atoms in total. The monoisotopic (exact) mass is 264 g/mol. The molecule has 0 spiro atoms. The molecule has 5 heteroatoms. The second-order valence-corrected chi connectivity index (χ2v) is 3.84. The molecule has 0 bridgehead atoms. The Bertz CT molecular complexity index is 461. The fourth-order valence-corrected chi connectivity index (χ4v) is 1.37. The molecule has 0 fully saturated rings. The molecule has 2 aromatic rings. The summed E-state index contributed by atoms with van der Waals surface area (Å²) >= 11 is 3.32. The van der Waals surface area contributed by atoms with Crippen LogP contribution in [0, 0.1) is 6.92 Å². The Morgan fingerprint density at radius 3 is 2.67 bits per heavy atom. The number of nitrogens with zero attached hydrogens (tertiary/aromatic N) is 3. The first-order valence-electron chi connectivity index (χ1n) is 4.39. The molecule has 0 saturated carbocycles. The second-order valence-electron chi connectivity index (χ2n) is 3.05. The molecule has 0 radical (unpaired) electrons. The number of aryl methyl sites for hydroxylation is 1. The van der Waals surface area contributed by atoms with Gasteiger partial charge in [0.15, 0.2) is 5.82 Å². The summed E-state index contributed by atoms with van der Waals surface area (Å²) in [5, 5.41) is 0. The van der Waals surface area contributed by atoms with E-state index in [0.717, 1.165) is 15.9 Å². The summed E-state index contributed by atoms with van der Waals surface area (Å²) in [5.41, 5.74) is 7.26. The summed E-state index contributed by atoms with van der Waals surface area (Å²) in [4.78, 5) is 12.6. The standard InChI is InChI=1S/C10H9BrN4/c1-6-8(11)9(12)15-10(14-6)7-4-2-3-5-13-7/h2-5H,1H3,(H2,12,14,15). The minimum atomic E-state index is 0.433. The van der Waals surface area contributed by atoms with E-state index in [2.05, 4.69) is 30.9 Å². The second kappa shape index (κ2) is 3.94. The van der Waals surface area contributed by atoms with Crippen molar-refractivity contribution >= 4 is 21.7 Å². The molecule has 0 unspecified atom stereocenters. The molecular weight excluding hydrogens is 256 g/mol. The van der Waals surface area contributed by atoms with E-state index in [1.807, 2.05) is 25.1 Å². The van der Waals surface area contributed by atoms with Crippen LogP contribution in [0.5, 0.6) is 0 Å². The zero-order chi connectivity index (χ0) is 10.8. The molecule has 0 atom stereocenters. The zero-order valence-corrected chi connectivity index (χ0v) is 9.69. The Labute approximate surface area is 95.7 Å². The third-order valence-corrected chi connectivity index (χ3v) is 2.92. The Morgan fingerprint density at radius 1 is 1.27 bits per heavy atom. The van der Waals surface area contributed by atoms with E-state index in [1.165, 1.54) is 0 Å². The van der Waals surface area contributed by atoms with Gasteiger partial charge in [0.1, 0.15) is 11.5 Å². The van der Waals surface area contributed by atoms with Crippen LogP contribution in [0.25, 0.3) is 11.5 Å². The smallest absolute Gasteiger partial charge is 0.180 e. The van der Waals surface area contributed by atoms with Gasteiger partial charge in [0.2, 0.25) is 0 Å². The highest BCUT2D eigenvalue weighted by Crippen LogP contribution is 2.23. The number of nitrogen functional groups attached to an aromatic ring is 1. The van der Waals surface area contributed by atoms with Crippen LogP contribution < -0.4 is 5.73 Å². The largest absolute Gasteiger partial charge is 0.383 e. The molecule has 0 aliphatic heterocycles. The molecule has 2 heterocycles. The maximum atomic E-state index is 5.73. The Morgan fingerprint density at radius 2 is 2.07 bits per heavy atom. The van der Waals surface area contributed by atoms with Crippen molar-refractivity contribution in [2.45, 2.75) is 6.92 Å². The van der Waals surface area contributed by atoms with Gasteiger partial charge in [0.05, 0.1) is 10.2 Å². The van der Waals surface area contributed by atoms with Gasteiger partial charge in [0.25, 0.3) is 0 Å². The van der Waals surface area contributed by atoms with Crippen molar-refractivity contribution in [2.75, 3.05) is 5.73 Å². The van der Waals surface area contributed by atoms with Crippen LogP contribution in [-0.4, -0.2) is 15.0 Å². The predicted molar refractivity (Wildman–Crippen MR) is 62.1 cm³/mol. The lowest BCUT2D eigenvalue weighted by Gasteiger charge is -2.04. The van der Waals surface area contributed by atoms with Crippen molar-refractivity contribution in [1.29, 1.82) is 0 Å². The third kappa shape index (κ3) is 1.97. The van der Waals surface area contributed by atoms with Gasteiger partial charge in [-0.05, 0) is 35.0 Å². The van der Waals surface area contributed by atoms with Gasteiger partial charge in [-0.2, -0.15) is 0 Å². The molecule has 2 aromatic heterocycles. The van der Waals surface area contributed by atoms with Crippen LogP contribution in [0.2, 0.25) is 0 Å². The average molecular weight is 265 g/mol. The van der Waals surface area contributed by atoms with Crippen molar-refractivity contribution in [2.24, 2.45) is 0 Å². The van der Waals surface area contributed by atoms with E-state index in [-0.39, 0.29) is 0 Å².